The van der Waals surface area contributed by atoms with Crippen LogP contribution >= 0.6 is 0 Å². The molecule has 0 amide bonds. The molecule has 0 spiro atoms. The number of aromatic nitrogens is 1. The van der Waals surface area contributed by atoms with Gasteiger partial charge in [0.15, 0.2) is 0 Å². The van der Waals surface area contributed by atoms with E-state index in [-0.39, 0.29) is 6.04 Å². The number of H-pyrrole nitrogens is 1. The van der Waals surface area contributed by atoms with Crippen LogP contribution in [0.4, 0.5) is 0 Å². The van der Waals surface area contributed by atoms with E-state index in [9.17, 15) is 0 Å². The van der Waals surface area contributed by atoms with E-state index < -0.39 is 0 Å². The van der Waals surface area contributed by atoms with Crippen molar-refractivity contribution in [2.24, 2.45) is 5.73 Å². The number of likely N-dealkylation sites (N-methyl/N-ethyl adjacent to an activating group) is 1. The molecular formula is C15H23N3. The predicted molar refractivity (Wildman–Crippen MR) is 77.9 cm³/mol. The SMILES string of the molecule is CCc1cccc2c(C(CN)N(C)C)c(C)[nH]c12. The Balaban J connectivity index is 2.67. The Morgan fingerprint density at radius 3 is 2.61 bits per heavy atom. The molecule has 18 heavy (non-hydrogen) atoms. The summed E-state index contributed by atoms with van der Waals surface area (Å²) in [5.41, 5.74) is 11.2. The lowest BCUT2D eigenvalue weighted by molar-refractivity contribution is 0.307. The van der Waals surface area contributed by atoms with Gasteiger partial charge in [-0.3, -0.25) is 0 Å². The average molecular weight is 245 g/mol. The first kappa shape index (κ1) is 13.1. The number of nitrogens with zero attached hydrogens (tertiary/aromatic N) is 1. The summed E-state index contributed by atoms with van der Waals surface area (Å²) in [6, 6.07) is 6.79. The van der Waals surface area contributed by atoms with Crippen molar-refractivity contribution in [1.82, 2.24) is 9.88 Å². The highest BCUT2D eigenvalue weighted by Crippen LogP contribution is 2.31. The Kier molecular flexibility index (Phi) is 3.73. The Morgan fingerprint density at radius 1 is 1.33 bits per heavy atom. The molecule has 1 heterocycles. The summed E-state index contributed by atoms with van der Waals surface area (Å²) < 4.78 is 0. The monoisotopic (exact) mass is 245 g/mol. The van der Waals surface area contributed by atoms with E-state index in [0.29, 0.717) is 6.54 Å². The number of benzene rings is 1. The van der Waals surface area contributed by atoms with Crippen molar-refractivity contribution in [3.8, 4) is 0 Å². The minimum absolute atomic E-state index is 0.269. The molecule has 1 aromatic heterocycles. The van der Waals surface area contributed by atoms with Crippen LogP contribution in [0.5, 0.6) is 0 Å². The van der Waals surface area contributed by atoms with Gasteiger partial charge in [-0.05, 0) is 38.6 Å². The maximum atomic E-state index is 5.94. The van der Waals surface area contributed by atoms with Gasteiger partial charge in [0, 0.05) is 29.2 Å². The summed E-state index contributed by atoms with van der Waals surface area (Å²) >= 11 is 0. The molecule has 1 atom stereocenters. The Bertz CT molecular complexity index is 540. The first-order valence-corrected chi connectivity index (χ1v) is 6.56. The quantitative estimate of drug-likeness (QED) is 0.869. The third kappa shape index (κ3) is 2.04. The Morgan fingerprint density at radius 2 is 2.06 bits per heavy atom. The minimum Gasteiger partial charge on any atom is -0.358 e. The first-order chi connectivity index (χ1) is 8.60. The number of fused-ring (bicyclic) bond motifs is 1. The summed E-state index contributed by atoms with van der Waals surface area (Å²) in [7, 11) is 4.17. The molecule has 0 saturated carbocycles. The average Bonchev–Trinajstić information content (AvgIpc) is 2.67. The smallest absolute Gasteiger partial charge is 0.0491 e. The second-order valence-corrected chi connectivity index (χ2v) is 5.07. The van der Waals surface area contributed by atoms with Gasteiger partial charge in [-0.25, -0.2) is 0 Å². The van der Waals surface area contributed by atoms with Gasteiger partial charge in [0.05, 0.1) is 0 Å². The molecule has 0 bridgehead atoms. The van der Waals surface area contributed by atoms with Crippen LogP contribution in [0.2, 0.25) is 0 Å². The predicted octanol–water partition coefficient (Wildman–Crippen LogP) is 2.60. The molecule has 98 valence electrons. The van der Waals surface area contributed by atoms with Gasteiger partial charge in [-0.1, -0.05) is 25.1 Å². The lowest BCUT2D eigenvalue weighted by atomic mass is 10.00. The molecule has 0 saturated heterocycles. The highest BCUT2D eigenvalue weighted by Gasteiger charge is 2.20. The molecule has 3 heteroatoms. The normalized spacial score (nSPS) is 13.4. The van der Waals surface area contributed by atoms with E-state index in [4.69, 9.17) is 5.73 Å². The molecule has 0 aliphatic rings. The number of rotatable bonds is 4. The molecule has 2 aromatic rings. The minimum atomic E-state index is 0.269. The summed E-state index contributed by atoms with van der Waals surface area (Å²) in [6.45, 7) is 4.97. The van der Waals surface area contributed by atoms with Gasteiger partial charge in [0.25, 0.3) is 0 Å². The van der Waals surface area contributed by atoms with Crippen molar-refractivity contribution in [3.05, 3.63) is 35.0 Å². The topological polar surface area (TPSA) is 45.0 Å². The van der Waals surface area contributed by atoms with E-state index in [1.807, 2.05) is 0 Å². The third-order valence-electron chi connectivity index (χ3n) is 3.72. The van der Waals surface area contributed by atoms with Gasteiger partial charge in [0.1, 0.15) is 0 Å². The molecular weight excluding hydrogens is 222 g/mol. The zero-order chi connectivity index (χ0) is 13.3. The van der Waals surface area contributed by atoms with E-state index >= 15 is 0 Å². The van der Waals surface area contributed by atoms with Crippen molar-refractivity contribution in [2.75, 3.05) is 20.6 Å². The third-order valence-corrected chi connectivity index (χ3v) is 3.72. The number of hydrogen-bond donors (Lipinski definition) is 2. The van der Waals surface area contributed by atoms with Gasteiger partial charge >= 0.3 is 0 Å². The fourth-order valence-corrected chi connectivity index (χ4v) is 2.74. The van der Waals surface area contributed by atoms with Crippen LogP contribution in [-0.4, -0.2) is 30.5 Å². The summed E-state index contributed by atoms with van der Waals surface area (Å²) in [5, 5.41) is 1.32. The van der Waals surface area contributed by atoms with Crippen LogP contribution in [0.3, 0.4) is 0 Å². The number of nitrogens with one attached hydrogen (secondary N) is 1. The van der Waals surface area contributed by atoms with Crippen LogP contribution in [0.1, 0.15) is 29.8 Å². The van der Waals surface area contributed by atoms with Gasteiger partial charge in [-0.2, -0.15) is 0 Å². The lowest BCUT2D eigenvalue weighted by Gasteiger charge is -2.23. The fraction of sp³-hybridized carbons (Fsp3) is 0.467. The van der Waals surface area contributed by atoms with Crippen molar-refractivity contribution in [2.45, 2.75) is 26.3 Å². The van der Waals surface area contributed by atoms with Gasteiger partial charge < -0.3 is 15.6 Å². The van der Waals surface area contributed by atoms with Gasteiger partial charge in [0.2, 0.25) is 0 Å². The Hall–Kier alpha value is -1.32. The number of hydrogen-bond acceptors (Lipinski definition) is 2. The standard InChI is InChI=1S/C15H23N3/c1-5-11-7-6-8-12-14(10(2)17-15(11)12)13(9-16)18(3)4/h6-8,13,17H,5,9,16H2,1-4H3. The lowest BCUT2D eigenvalue weighted by Crippen LogP contribution is -2.27. The Labute approximate surface area is 109 Å². The van der Waals surface area contributed by atoms with Crippen LogP contribution in [-0.2, 0) is 6.42 Å². The van der Waals surface area contributed by atoms with Crippen molar-refractivity contribution in [1.29, 1.82) is 0 Å². The molecule has 3 nitrogen and oxygen atoms in total. The largest absolute Gasteiger partial charge is 0.358 e. The zero-order valence-electron chi connectivity index (χ0n) is 11.7. The van der Waals surface area contributed by atoms with E-state index in [2.05, 4.69) is 56.0 Å². The fourth-order valence-electron chi connectivity index (χ4n) is 2.74. The second-order valence-electron chi connectivity index (χ2n) is 5.07. The number of para-hydroxylation sites is 1. The second kappa shape index (κ2) is 5.12. The zero-order valence-corrected chi connectivity index (χ0v) is 11.7. The van der Waals surface area contributed by atoms with E-state index in [1.54, 1.807) is 0 Å². The molecule has 0 radical (unpaired) electrons. The molecule has 0 aliphatic heterocycles. The molecule has 2 rings (SSSR count). The molecule has 3 N–H and O–H groups in total. The highest BCUT2D eigenvalue weighted by atomic mass is 15.1. The molecule has 0 aliphatic carbocycles. The number of aromatic amines is 1. The number of aryl methyl sites for hydroxylation is 2. The molecule has 0 fully saturated rings. The van der Waals surface area contributed by atoms with Crippen molar-refractivity contribution in [3.63, 3.8) is 0 Å². The van der Waals surface area contributed by atoms with Crippen molar-refractivity contribution < 1.29 is 0 Å². The van der Waals surface area contributed by atoms with Crippen LogP contribution in [0, 0.1) is 6.92 Å². The van der Waals surface area contributed by atoms with E-state index in [1.165, 1.54) is 27.7 Å². The van der Waals surface area contributed by atoms with Crippen LogP contribution in [0.25, 0.3) is 10.9 Å². The summed E-state index contributed by atoms with van der Waals surface area (Å²) in [5.74, 6) is 0. The summed E-state index contributed by atoms with van der Waals surface area (Å²) in [6.07, 6.45) is 1.05. The van der Waals surface area contributed by atoms with Gasteiger partial charge in [-0.15, -0.1) is 0 Å². The van der Waals surface area contributed by atoms with Crippen molar-refractivity contribution >= 4 is 10.9 Å². The van der Waals surface area contributed by atoms with Crippen LogP contribution in [0.15, 0.2) is 18.2 Å². The highest BCUT2D eigenvalue weighted by molar-refractivity contribution is 5.87. The molecule has 1 aromatic carbocycles. The first-order valence-electron chi connectivity index (χ1n) is 6.56. The van der Waals surface area contributed by atoms with Crippen LogP contribution < -0.4 is 5.73 Å². The number of nitrogens with two attached hydrogens (primary N) is 1. The maximum Gasteiger partial charge on any atom is 0.0491 e. The maximum absolute atomic E-state index is 5.94. The summed E-state index contributed by atoms with van der Waals surface area (Å²) in [4.78, 5) is 5.72. The molecule has 1 unspecified atom stereocenters. The van der Waals surface area contributed by atoms with E-state index in [0.717, 1.165) is 6.42 Å².